The van der Waals surface area contributed by atoms with Gasteiger partial charge in [-0.25, -0.2) is 0 Å². The van der Waals surface area contributed by atoms with Gasteiger partial charge in [-0.2, -0.15) is 0 Å². The van der Waals surface area contributed by atoms with Crippen molar-refractivity contribution in [1.29, 1.82) is 0 Å². The van der Waals surface area contributed by atoms with Crippen molar-refractivity contribution in [1.82, 2.24) is 0 Å². The molecule has 260 valence electrons. The van der Waals surface area contributed by atoms with Crippen molar-refractivity contribution in [2.75, 3.05) is 14.7 Å². The lowest BCUT2D eigenvalue weighted by atomic mass is 9.33. The molecule has 8 aromatic carbocycles. The summed E-state index contributed by atoms with van der Waals surface area (Å²) in [4.78, 5) is 7.52. The molecule has 3 aliphatic heterocycles. The molecule has 0 radical (unpaired) electrons. The Balaban J connectivity index is 1.25. The van der Waals surface area contributed by atoms with Gasteiger partial charge in [0.05, 0.1) is 5.69 Å². The molecule has 0 N–H and O–H groups in total. The van der Waals surface area contributed by atoms with Gasteiger partial charge in [-0.15, -0.1) is 0 Å². The first-order valence-corrected chi connectivity index (χ1v) is 22.2. The van der Waals surface area contributed by atoms with E-state index in [0.29, 0.717) is 0 Å². The minimum absolute atomic E-state index is 0.124. The average molecular weight is 720 g/mol. The summed E-state index contributed by atoms with van der Waals surface area (Å²) in [5.41, 5.74) is 17.4. The first-order chi connectivity index (χ1) is 27.1. The maximum absolute atomic E-state index is 2.56. The molecular weight excluding hydrogens is 681 g/mol. The quantitative estimate of drug-likeness (QED) is 0.159. The number of benzene rings is 8. The van der Waals surface area contributed by atoms with Gasteiger partial charge in [-0.3, -0.25) is 0 Å². The van der Waals surface area contributed by atoms with Crippen molar-refractivity contribution in [2.24, 2.45) is 0 Å². The van der Waals surface area contributed by atoms with E-state index < -0.39 is 8.07 Å². The predicted molar refractivity (Wildman–Crippen MR) is 237 cm³/mol. The molecule has 3 heterocycles. The molecule has 55 heavy (non-hydrogen) atoms. The third kappa shape index (κ3) is 4.76. The maximum atomic E-state index is 2.56. The summed E-state index contributed by atoms with van der Waals surface area (Å²) in [5, 5.41) is 3.08. The molecule has 0 aliphatic carbocycles. The van der Waals surface area contributed by atoms with Gasteiger partial charge in [0.25, 0.3) is 6.71 Å². The number of para-hydroxylation sites is 3. The number of hydrogen-bond donors (Lipinski definition) is 0. The Morgan fingerprint density at radius 1 is 0.382 bits per heavy atom. The van der Waals surface area contributed by atoms with Gasteiger partial charge in [0.15, 0.2) is 0 Å². The van der Waals surface area contributed by atoms with Crippen molar-refractivity contribution in [3.8, 4) is 11.1 Å². The van der Waals surface area contributed by atoms with E-state index in [-0.39, 0.29) is 6.71 Å². The standard InChI is InChI=1S/C50H38BN3Si/c1-55(2)46-27-15-25-42-49(46)51-48-44(53(42)39-23-13-6-14-24-39)33-41(52(37-19-9-4-10-20-37)38-21-11-5-12-22-38)34-45(48)54(43-26-16-28-47(55)50(43)51)40-31-29-36(30-32-40)35-17-7-3-8-18-35/h3-34H,1-2H3. The van der Waals surface area contributed by atoms with Gasteiger partial charge in [-0.05, 0) is 100 Å². The number of rotatable bonds is 6. The molecule has 0 amide bonds. The van der Waals surface area contributed by atoms with E-state index in [1.807, 2.05) is 0 Å². The van der Waals surface area contributed by atoms with Crippen molar-refractivity contribution in [3.05, 3.63) is 194 Å². The Bertz CT molecular complexity index is 2700. The highest BCUT2D eigenvalue weighted by atomic mass is 28.3. The van der Waals surface area contributed by atoms with Crippen LogP contribution in [0.25, 0.3) is 11.1 Å². The Labute approximate surface area is 324 Å². The molecule has 0 spiro atoms. The summed E-state index contributed by atoms with van der Waals surface area (Å²) in [5.74, 6) is 0. The highest BCUT2D eigenvalue weighted by molar-refractivity contribution is 7.16. The highest BCUT2D eigenvalue weighted by Gasteiger charge is 2.51. The van der Waals surface area contributed by atoms with Crippen molar-refractivity contribution >= 4 is 92.7 Å². The molecule has 3 aliphatic rings. The third-order valence-corrected chi connectivity index (χ3v) is 15.6. The van der Waals surface area contributed by atoms with E-state index >= 15 is 0 Å². The summed E-state index contributed by atoms with van der Waals surface area (Å²) in [6.07, 6.45) is 0. The minimum atomic E-state index is -2.10. The van der Waals surface area contributed by atoms with Crippen LogP contribution < -0.4 is 41.5 Å². The summed E-state index contributed by atoms with van der Waals surface area (Å²) < 4.78 is 0. The fourth-order valence-corrected chi connectivity index (χ4v) is 12.8. The zero-order valence-electron chi connectivity index (χ0n) is 30.9. The molecule has 8 aromatic rings. The van der Waals surface area contributed by atoms with Crippen LogP contribution in [0, 0.1) is 0 Å². The van der Waals surface area contributed by atoms with Gasteiger partial charge in [0, 0.05) is 45.5 Å². The monoisotopic (exact) mass is 719 g/mol. The van der Waals surface area contributed by atoms with Crippen molar-refractivity contribution in [2.45, 2.75) is 13.1 Å². The number of anilines is 9. The topological polar surface area (TPSA) is 9.72 Å². The Kier molecular flexibility index (Phi) is 7.10. The van der Waals surface area contributed by atoms with Crippen LogP contribution in [0.1, 0.15) is 0 Å². The molecule has 0 fully saturated rings. The predicted octanol–water partition coefficient (Wildman–Crippen LogP) is 10.0. The van der Waals surface area contributed by atoms with E-state index in [2.05, 4.69) is 222 Å². The van der Waals surface area contributed by atoms with Crippen LogP contribution >= 0.6 is 0 Å². The van der Waals surface area contributed by atoms with Crippen molar-refractivity contribution < 1.29 is 0 Å². The Morgan fingerprint density at radius 2 is 0.818 bits per heavy atom. The molecule has 0 atom stereocenters. The van der Waals surface area contributed by atoms with Crippen LogP contribution in [0.2, 0.25) is 13.1 Å². The summed E-state index contributed by atoms with van der Waals surface area (Å²) >= 11 is 0. The maximum Gasteiger partial charge on any atom is 0.251 e. The molecule has 5 heteroatoms. The third-order valence-electron chi connectivity index (χ3n) is 12.0. The molecule has 3 nitrogen and oxygen atoms in total. The van der Waals surface area contributed by atoms with Gasteiger partial charge in [0.1, 0.15) is 8.07 Å². The lowest BCUT2D eigenvalue weighted by molar-refractivity contribution is 1.23. The van der Waals surface area contributed by atoms with E-state index in [0.717, 1.165) is 22.7 Å². The zero-order valence-corrected chi connectivity index (χ0v) is 31.9. The lowest BCUT2D eigenvalue weighted by Gasteiger charge is -2.50. The summed E-state index contributed by atoms with van der Waals surface area (Å²) in [6, 6.07) is 71.5. The van der Waals surface area contributed by atoms with Gasteiger partial charge in [-0.1, -0.05) is 145 Å². The van der Waals surface area contributed by atoms with Crippen LogP contribution in [0.4, 0.5) is 51.2 Å². The molecule has 11 rings (SSSR count). The van der Waals surface area contributed by atoms with Crippen LogP contribution in [0.3, 0.4) is 0 Å². The Morgan fingerprint density at radius 3 is 1.33 bits per heavy atom. The second kappa shape index (κ2) is 12.2. The first-order valence-electron chi connectivity index (χ1n) is 19.2. The van der Waals surface area contributed by atoms with Gasteiger partial charge < -0.3 is 14.7 Å². The summed E-state index contributed by atoms with van der Waals surface area (Å²) in [7, 11) is -2.10. The van der Waals surface area contributed by atoms with Crippen LogP contribution in [0.15, 0.2) is 194 Å². The fourth-order valence-electron chi connectivity index (χ4n) is 9.60. The molecule has 0 saturated carbocycles. The fraction of sp³-hybridized carbons (Fsp3) is 0.0400. The molecular formula is C50H38BN3Si. The molecule has 0 unspecified atom stereocenters. The average Bonchev–Trinajstić information content (AvgIpc) is 3.24. The number of nitrogens with zero attached hydrogens (tertiary/aromatic N) is 3. The van der Waals surface area contributed by atoms with Gasteiger partial charge in [0.2, 0.25) is 0 Å². The van der Waals surface area contributed by atoms with E-state index in [1.165, 1.54) is 66.3 Å². The molecule has 0 bridgehead atoms. The van der Waals surface area contributed by atoms with Crippen LogP contribution in [-0.4, -0.2) is 14.8 Å². The summed E-state index contributed by atoms with van der Waals surface area (Å²) in [6.45, 7) is 5.22. The second-order valence-electron chi connectivity index (χ2n) is 15.4. The SMILES string of the molecule is C[Si]1(C)c2cccc3c2B2c4c(cc(N(c5ccccc5)c5ccccc5)cc4N(c4ccc(-c5ccccc5)cc4)c4cccc1c42)N3c1ccccc1. The first kappa shape index (κ1) is 31.9. The van der Waals surface area contributed by atoms with Crippen molar-refractivity contribution in [3.63, 3.8) is 0 Å². The zero-order chi connectivity index (χ0) is 36.7. The number of hydrogen-bond acceptors (Lipinski definition) is 3. The second-order valence-corrected chi connectivity index (χ2v) is 19.7. The highest BCUT2D eigenvalue weighted by Crippen LogP contribution is 2.48. The van der Waals surface area contributed by atoms with Gasteiger partial charge >= 0.3 is 0 Å². The van der Waals surface area contributed by atoms with E-state index in [1.54, 1.807) is 0 Å². The van der Waals surface area contributed by atoms with E-state index in [4.69, 9.17) is 0 Å². The lowest BCUT2D eigenvalue weighted by Crippen LogP contribution is -2.79. The normalized spacial score (nSPS) is 14.0. The van der Waals surface area contributed by atoms with Crippen LogP contribution in [-0.2, 0) is 0 Å². The molecule has 0 aromatic heterocycles. The largest absolute Gasteiger partial charge is 0.311 e. The van der Waals surface area contributed by atoms with E-state index in [9.17, 15) is 0 Å². The molecule has 0 saturated heterocycles. The van der Waals surface area contributed by atoms with Crippen LogP contribution in [0.5, 0.6) is 0 Å². The smallest absolute Gasteiger partial charge is 0.251 e. The Hall–Kier alpha value is -6.56. The minimum Gasteiger partial charge on any atom is -0.311 e.